The molecule has 0 fully saturated rings. The van der Waals surface area contributed by atoms with Crippen LogP contribution in [0.3, 0.4) is 0 Å². The molecule has 0 aliphatic carbocycles. The van der Waals surface area contributed by atoms with E-state index < -0.39 is 0 Å². The average molecular weight is 230 g/mol. The molecule has 0 rings (SSSR count). The number of carbonyl (C=O) groups excluding carboxylic acids is 1. The lowest BCUT2D eigenvalue weighted by molar-refractivity contribution is -0.121. The first-order chi connectivity index (χ1) is 7.47. The maximum absolute atomic E-state index is 11.4. The van der Waals surface area contributed by atoms with E-state index in [-0.39, 0.29) is 11.9 Å². The molecular weight excluding hydrogens is 204 g/mol. The third kappa shape index (κ3) is 7.65. The van der Waals surface area contributed by atoms with E-state index >= 15 is 0 Å². The van der Waals surface area contributed by atoms with Gasteiger partial charge in [-0.25, -0.2) is 0 Å². The van der Waals surface area contributed by atoms with E-state index in [2.05, 4.69) is 24.5 Å². The van der Waals surface area contributed by atoms with Crippen LogP contribution in [0.4, 0.5) is 0 Å². The molecule has 0 bridgehead atoms. The number of methoxy groups -OCH3 is 1. The molecular formula is C12H26N2O2. The van der Waals surface area contributed by atoms with E-state index in [1.54, 1.807) is 7.11 Å². The summed E-state index contributed by atoms with van der Waals surface area (Å²) in [5, 5.41) is 6.21. The lowest BCUT2D eigenvalue weighted by Crippen LogP contribution is -2.40. The summed E-state index contributed by atoms with van der Waals surface area (Å²) in [5.74, 6) is 0.607. The fourth-order valence-corrected chi connectivity index (χ4v) is 1.43. The predicted molar refractivity (Wildman–Crippen MR) is 66.4 cm³/mol. The third-order valence-electron chi connectivity index (χ3n) is 2.36. The molecule has 4 nitrogen and oxygen atoms in total. The van der Waals surface area contributed by atoms with Gasteiger partial charge in [0.15, 0.2) is 0 Å². The molecule has 1 unspecified atom stereocenters. The normalized spacial score (nSPS) is 13.2. The quantitative estimate of drug-likeness (QED) is 0.658. The predicted octanol–water partition coefficient (Wildman–Crippen LogP) is 1.16. The van der Waals surface area contributed by atoms with Gasteiger partial charge in [-0.1, -0.05) is 13.8 Å². The molecule has 0 saturated heterocycles. The zero-order valence-corrected chi connectivity index (χ0v) is 11.2. The zero-order valence-electron chi connectivity index (χ0n) is 11.2. The SMILES string of the molecule is COCC(NCCC(=O)NC(C)C)C(C)C. The van der Waals surface area contributed by atoms with Crippen LogP contribution in [0.25, 0.3) is 0 Å². The fourth-order valence-electron chi connectivity index (χ4n) is 1.43. The molecule has 4 heteroatoms. The molecule has 1 amide bonds. The van der Waals surface area contributed by atoms with Crippen LogP contribution in [0.1, 0.15) is 34.1 Å². The molecule has 0 aromatic carbocycles. The highest BCUT2D eigenvalue weighted by Crippen LogP contribution is 2.01. The van der Waals surface area contributed by atoms with Gasteiger partial charge in [0, 0.05) is 32.2 Å². The summed E-state index contributed by atoms with van der Waals surface area (Å²) in [6, 6.07) is 0.532. The van der Waals surface area contributed by atoms with Gasteiger partial charge in [-0.2, -0.15) is 0 Å². The average Bonchev–Trinajstić information content (AvgIpc) is 2.15. The monoisotopic (exact) mass is 230 g/mol. The highest BCUT2D eigenvalue weighted by Gasteiger charge is 2.12. The van der Waals surface area contributed by atoms with Gasteiger partial charge in [-0.05, 0) is 19.8 Å². The van der Waals surface area contributed by atoms with E-state index in [1.165, 1.54) is 0 Å². The molecule has 0 aromatic heterocycles. The zero-order chi connectivity index (χ0) is 12.6. The Bertz CT molecular complexity index is 193. The van der Waals surface area contributed by atoms with Gasteiger partial charge in [0.2, 0.25) is 5.91 Å². The topological polar surface area (TPSA) is 50.4 Å². The van der Waals surface area contributed by atoms with E-state index in [0.717, 1.165) is 0 Å². The highest BCUT2D eigenvalue weighted by atomic mass is 16.5. The summed E-state index contributed by atoms with van der Waals surface area (Å²) in [7, 11) is 1.70. The second kappa shape index (κ2) is 8.53. The minimum Gasteiger partial charge on any atom is -0.383 e. The second-order valence-electron chi connectivity index (χ2n) is 4.73. The van der Waals surface area contributed by atoms with Crippen LogP contribution in [0.15, 0.2) is 0 Å². The molecule has 96 valence electrons. The van der Waals surface area contributed by atoms with Crippen LogP contribution in [-0.4, -0.2) is 38.3 Å². The number of hydrogen-bond acceptors (Lipinski definition) is 3. The number of rotatable bonds is 8. The molecule has 1 atom stereocenters. The summed E-state index contributed by atoms with van der Waals surface area (Å²) in [6.45, 7) is 9.60. The molecule has 0 aromatic rings. The summed E-state index contributed by atoms with van der Waals surface area (Å²) < 4.78 is 5.12. The van der Waals surface area contributed by atoms with E-state index in [4.69, 9.17) is 4.74 Å². The number of hydrogen-bond donors (Lipinski definition) is 2. The van der Waals surface area contributed by atoms with Crippen LogP contribution in [0.2, 0.25) is 0 Å². The van der Waals surface area contributed by atoms with E-state index in [0.29, 0.717) is 31.5 Å². The van der Waals surface area contributed by atoms with Gasteiger partial charge in [0.1, 0.15) is 0 Å². The fraction of sp³-hybridized carbons (Fsp3) is 0.917. The number of nitrogens with one attached hydrogen (secondary N) is 2. The summed E-state index contributed by atoms with van der Waals surface area (Å²) in [5.41, 5.74) is 0. The van der Waals surface area contributed by atoms with Crippen molar-refractivity contribution in [2.24, 2.45) is 5.92 Å². The van der Waals surface area contributed by atoms with Crippen molar-refractivity contribution in [2.75, 3.05) is 20.3 Å². The smallest absolute Gasteiger partial charge is 0.221 e. The molecule has 0 radical (unpaired) electrons. The summed E-state index contributed by atoms with van der Waals surface area (Å²) in [6.07, 6.45) is 0.519. The molecule has 0 heterocycles. The van der Waals surface area contributed by atoms with Crippen molar-refractivity contribution in [3.63, 3.8) is 0 Å². The minimum atomic E-state index is 0.0995. The first-order valence-corrected chi connectivity index (χ1v) is 5.99. The Morgan fingerprint density at radius 1 is 1.25 bits per heavy atom. The molecule has 0 aliphatic heterocycles. The van der Waals surface area contributed by atoms with Crippen LogP contribution >= 0.6 is 0 Å². The molecule has 0 saturated carbocycles. The van der Waals surface area contributed by atoms with Crippen molar-refractivity contribution in [3.05, 3.63) is 0 Å². The van der Waals surface area contributed by atoms with Crippen LogP contribution in [0.5, 0.6) is 0 Å². The maximum Gasteiger partial charge on any atom is 0.221 e. The van der Waals surface area contributed by atoms with Crippen molar-refractivity contribution in [3.8, 4) is 0 Å². The van der Waals surface area contributed by atoms with Crippen molar-refractivity contribution < 1.29 is 9.53 Å². The first-order valence-electron chi connectivity index (χ1n) is 5.99. The summed E-state index contributed by atoms with van der Waals surface area (Å²) >= 11 is 0. The second-order valence-corrected chi connectivity index (χ2v) is 4.73. The summed E-state index contributed by atoms with van der Waals surface area (Å²) in [4.78, 5) is 11.4. The van der Waals surface area contributed by atoms with Gasteiger partial charge in [0.25, 0.3) is 0 Å². The first kappa shape index (κ1) is 15.4. The van der Waals surface area contributed by atoms with Gasteiger partial charge in [0.05, 0.1) is 6.61 Å². The van der Waals surface area contributed by atoms with Crippen molar-refractivity contribution >= 4 is 5.91 Å². The molecule has 0 aliphatic rings. The van der Waals surface area contributed by atoms with Gasteiger partial charge in [-0.15, -0.1) is 0 Å². The lowest BCUT2D eigenvalue weighted by Gasteiger charge is -2.21. The van der Waals surface area contributed by atoms with Crippen molar-refractivity contribution in [1.82, 2.24) is 10.6 Å². The Balaban J connectivity index is 3.72. The standard InChI is InChI=1S/C12H26N2O2/c1-9(2)11(8-16-5)13-7-6-12(15)14-10(3)4/h9-11,13H,6-8H2,1-5H3,(H,14,15). The lowest BCUT2D eigenvalue weighted by atomic mass is 10.1. The Morgan fingerprint density at radius 2 is 1.88 bits per heavy atom. The van der Waals surface area contributed by atoms with Gasteiger partial charge >= 0.3 is 0 Å². The number of ether oxygens (including phenoxy) is 1. The molecule has 0 spiro atoms. The maximum atomic E-state index is 11.4. The highest BCUT2D eigenvalue weighted by molar-refractivity contribution is 5.76. The largest absolute Gasteiger partial charge is 0.383 e. The Hall–Kier alpha value is -0.610. The molecule has 2 N–H and O–H groups in total. The van der Waals surface area contributed by atoms with Crippen molar-refractivity contribution in [2.45, 2.75) is 46.2 Å². The number of carbonyl (C=O) groups is 1. The third-order valence-corrected chi connectivity index (χ3v) is 2.36. The van der Waals surface area contributed by atoms with Gasteiger partial charge < -0.3 is 15.4 Å². The van der Waals surface area contributed by atoms with Crippen LogP contribution in [-0.2, 0) is 9.53 Å². The minimum absolute atomic E-state index is 0.0995. The van der Waals surface area contributed by atoms with Crippen LogP contribution < -0.4 is 10.6 Å². The van der Waals surface area contributed by atoms with E-state index in [9.17, 15) is 4.79 Å². The van der Waals surface area contributed by atoms with Gasteiger partial charge in [-0.3, -0.25) is 4.79 Å². The van der Waals surface area contributed by atoms with Crippen LogP contribution in [0, 0.1) is 5.92 Å². The Labute approximate surface area is 99.1 Å². The Kier molecular flexibility index (Phi) is 8.21. The molecule has 16 heavy (non-hydrogen) atoms. The van der Waals surface area contributed by atoms with Crippen molar-refractivity contribution in [1.29, 1.82) is 0 Å². The van der Waals surface area contributed by atoms with E-state index in [1.807, 2.05) is 13.8 Å². The Morgan fingerprint density at radius 3 is 2.31 bits per heavy atom. The number of amides is 1.